The molecule has 1 aromatic carbocycles. The van der Waals surface area contributed by atoms with Crippen molar-refractivity contribution < 1.29 is 9.59 Å². The number of ketones is 2. The highest BCUT2D eigenvalue weighted by Crippen LogP contribution is 2.47. The largest absolute Gasteiger partial charge is 0.298 e. The second kappa shape index (κ2) is 5.16. The Hall–Kier alpha value is -0.860. The molecule has 20 heavy (non-hydrogen) atoms. The molecule has 2 nitrogen and oxygen atoms in total. The van der Waals surface area contributed by atoms with Crippen LogP contribution in [0.15, 0.2) is 12.1 Å². The molecule has 0 radical (unpaired) electrons. The lowest BCUT2D eigenvalue weighted by Crippen LogP contribution is -2.30. The Labute approximate surface area is 129 Å². The molecule has 0 bridgehead atoms. The van der Waals surface area contributed by atoms with Gasteiger partial charge in [-0.3, -0.25) is 9.59 Å². The van der Waals surface area contributed by atoms with Crippen LogP contribution in [-0.2, 0) is 9.59 Å². The zero-order valence-corrected chi connectivity index (χ0v) is 13.6. The van der Waals surface area contributed by atoms with Gasteiger partial charge in [0.2, 0.25) is 0 Å². The van der Waals surface area contributed by atoms with Crippen LogP contribution < -0.4 is 0 Å². The first-order valence-electron chi connectivity index (χ1n) is 6.71. The monoisotopic (exact) mass is 312 g/mol. The van der Waals surface area contributed by atoms with Gasteiger partial charge in [-0.2, -0.15) is 0 Å². The molecule has 0 heterocycles. The Morgan fingerprint density at radius 3 is 2.30 bits per heavy atom. The van der Waals surface area contributed by atoms with Crippen molar-refractivity contribution in [3.63, 3.8) is 0 Å². The molecule has 1 aromatic rings. The number of hydrogen-bond acceptors (Lipinski definition) is 2. The number of halogens is 2. The Kier molecular flexibility index (Phi) is 4.01. The molecule has 2 atom stereocenters. The zero-order chi connectivity index (χ0) is 15.2. The van der Waals surface area contributed by atoms with Crippen molar-refractivity contribution in [2.75, 3.05) is 0 Å². The predicted molar refractivity (Wildman–Crippen MR) is 81.5 cm³/mol. The molecule has 0 spiro atoms. The summed E-state index contributed by atoms with van der Waals surface area (Å²) in [5.74, 6) is -0.696. The van der Waals surface area contributed by atoms with Gasteiger partial charge in [-0.05, 0) is 30.0 Å². The molecule has 0 aliphatic heterocycles. The summed E-state index contributed by atoms with van der Waals surface area (Å²) in [6.45, 7) is 7.66. The van der Waals surface area contributed by atoms with Gasteiger partial charge < -0.3 is 0 Å². The van der Waals surface area contributed by atoms with Gasteiger partial charge in [0.05, 0.1) is 0 Å². The SMILES string of the molecule is Cc1cc(C2C(=O)CC(C)(C(C)C)C2=O)c(Cl)cc1Cl. The van der Waals surface area contributed by atoms with Crippen LogP contribution in [0, 0.1) is 18.3 Å². The quantitative estimate of drug-likeness (QED) is 0.748. The Balaban J connectivity index is 2.52. The summed E-state index contributed by atoms with van der Waals surface area (Å²) in [6, 6.07) is 3.37. The van der Waals surface area contributed by atoms with Gasteiger partial charge in [-0.15, -0.1) is 0 Å². The summed E-state index contributed by atoms with van der Waals surface area (Å²) in [4.78, 5) is 25.1. The topological polar surface area (TPSA) is 34.1 Å². The maximum absolute atomic E-state index is 12.7. The second-order valence-electron chi connectivity index (χ2n) is 6.14. The number of hydrogen-bond donors (Lipinski definition) is 0. The van der Waals surface area contributed by atoms with Gasteiger partial charge in [0.15, 0.2) is 5.78 Å². The van der Waals surface area contributed by atoms with Crippen LogP contribution in [0.4, 0.5) is 0 Å². The molecule has 108 valence electrons. The molecule has 4 heteroatoms. The van der Waals surface area contributed by atoms with Crippen LogP contribution in [0.25, 0.3) is 0 Å². The molecule has 0 saturated heterocycles. The maximum Gasteiger partial charge on any atom is 0.154 e. The number of carbonyl (C=O) groups is 2. The average molecular weight is 313 g/mol. The van der Waals surface area contributed by atoms with Crippen LogP contribution >= 0.6 is 23.2 Å². The fourth-order valence-corrected chi connectivity index (χ4v) is 3.22. The van der Waals surface area contributed by atoms with E-state index in [1.165, 1.54) is 0 Å². The van der Waals surface area contributed by atoms with E-state index in [0.717, 1.165) is 5.56 Å². The van der Waals surface area contributed by atoms with E-state index in [4.69, 9.17) is 23.2 Å². The Morgan fingerprint density at radius 1 is 1.20 bits per heavy atom. The molecular weight excluding hydrogens is 295 g/mol. The van der Waals surface area contributed by atoms with E-state index in [9.17, 15) is 9.59 Å². The van der Waals surface area contributed by atoms with Gasteiger partial charge in [-0.1, -0.05) is 50.0 Å². The fourth-order valence-electron chi connectivity index (χ4n) is 2.73. The molecule has 2 unspecified atom stereocenters. The van der Waals surface area contributed by atoms with E-state index in [-0.39, 0.29) is 23.9 Å². The van der Waals surface area contributed by atoms with Crippen molar-refractivity contribution >= 4 is 34.8 Å². The first-order valence-corrected chi connectivity index (χ1v) is 7.46. The third-order valence-corrected chi connectivity index (χ3v) is 5.29. The lowest BCUT2D eigenvalue weighted by Gasteiger charge is -2.26. The van der Waals surface area contributed by atoms with Crippen molar-refractivity contribution in [2.45, 2.75) is 40.0 Å². The van der Waals surface area contributed by atoms with Gasteiger partial charge in [0.25, 0.3) is 0 Å². The first-order chi connectivity index (χ1) is 9.18. The smallest absolute Gasteiger partial charge is 0.154 e. The zero-order valence-electron chi connectivity index (χ0n) is 12.1. The molecule has 1 aliphatic carbocycles. The number of carbonyl (C=O) groups excluding carboxylic acids is 2. The van der Waals surface area contributed by atoms with Crippen molar-refractivity contribution in [2.24, 2.45) is 11.3 Å². The standard InChI is InChI=1S/C16H18Cl2O2/c1-8(2)16(4)7-13(19)14(15(16)20)10-5-9(3)11(17)6-12(10)18/h5-6,8,14H,7H2,1-4H3. The van der Waals surface area contributed by atoms with Gasteiger partial charge in [0, 0.05) is 21.9 Å². The van der Waals surface area contributed by atoms with E-state index in [1.54, 1.807) is 12.1 Å². The summed E-state index contributed by atoms with van der Waals surface area (Å²) >= 11 is 12.2. The number of rotatable bonds is 2. The second-order valence-corrected chi connectivity index (χ2v) is 6.95. The number of benzene rings is 1. The highest BCUT2D eigenvalue weighted by Gasteiger charge is 2.52. The third-order valence-electron chi connectivity index (χ3n) is 4.55. The molecular formula is C16H18Cl2O2. The Morgan fingerprint density at radius 2 is 1.80 bits per heavy atom. The van der Waals surface area contributed by atoms with Crippen molar-refractivity contribution in [3.8, 4) is 0 Å². The maximum atomic E-state index is 12.7. The van der Waals surface area contributed by atoms with E-state index >= 15 is 0 Å². The average Bonchev–Trinajstić information content (AvgIpc) is 2.57. The third kappa shape index (κ3) is 2.29. The van der Waals surface area contributed by atoms with E-state index < -0.39 is 11.3 Å². The van der Waals surface area contributed by atoms with E-state index in [2.05, 4.69) is 0 Å². The summed E-state index contributed by atoms with van der Waals surface area (Å²) in [6.07, 6.45) is 0.284. The lowest BCUT2D eigenvalue weighted by atomic mass is 9.75. The predicted octanol–water partition coefficient (Wildman–Crippen LogP) is 4.59. The minimum Gasteiger partial charge on any atom is -0.298 e. The van der Waals surface area contributed by atoms with Crippen molar-refractivity contribution in [1.82, 2.24) is 0 Å². The van der Waals surface area contributed by atoms with Crippen LogP contribution in [0.2, 0.25) is 10.0 Å². The minimum absolute atomic E-state index is 0.0267. The van der Waals surface area contributed by atoms with Crippen LogP contribution in [-0.4, -0.2) is 11.6 Å². The minimum atomic E-state index is -0.745. The molecule has 0 aromatic heterocycles. The summed E-state index contributed by atoms with van der Waals surface area (Å²) in [5.41, 5.74) is 0.816. The van der Waals surface area contributed by atoms with Crippen molar-refractivity contribution in [3.05, 3.63) is 33.3 Å². The molecule has 0 amide bonds. The Bertz CT molecular complexity index is 592. The van der Waals surface area contributed by atoms with E-state index in [0.29, 0.717) is 15.6 Å². The summed E-state index contributed by atoms with van der Waals surface area (Å²) in [7, 11) is 0. The van der Waals surface area contributed by atoms with E-state index in [1.807, 2.05) is 27.7 Å². The number of Topliss-reactive ketones (excluding diaryl/α,β-unsaturated/α-hetero) is 2. The molecule has 1 fully saturated rings. The van der Waals surface area contributed by atoms with Crippen molar-refractivity contribution in [1.29, 1.82) is 0 Å². The molecule has 1 aliphatic rings. The lowest BCUT2D eigenvalue weighted by molar-refractivity contribution is -0.128. The highest BCUT2D eigenvalue weighted by molar-refractivity contribution is 6.36. The summed E-state index contributed by atoms with van der Waals surface area (Å²) in [5, 5.41) is 0.934. The normalized spacial score (nSPS) is 26.6. The first kappa shape index (κ1) is 15.5. The fraction of sp³-hybridized carbons (Fsp3) is 0.500. The summed E-state index contributed by atoms with van der Waals surface area (Å²) < 4.78 is 0. The van der Waals surface area contributed by atoms with Gasteiger partial charge in [-0.25, -0.2) is 0 Å². The van der Waals surface area contributed by atoms with Crippen LogP contribution in [0.1, 0.15) is 44.2 Å². The van der Waals surface area contributed by atoms with Gasteiger partial charge in [0.1, 0.15) is 11.7 Å². The van der Waals surface area contributed by atoms with Crippen LogP contribution in [0.5, 0.6) is 0 Å². The molecule has 1 saturated carbocycles. The highest BCUT2D eigenvalue weighted by atomic mass is 35.5. The molecule has 0 N–H and O–H groups in total. The molecule has 2 rings (SSSR count). The van der Waals surface area contributed by atoms with Crippen LogP contribution in [0.3, 0.4) is 0 Å². The number of aryl methyl sites for hydroxylation is 1. The van der Waals surface area contributed by atoms with Gasteiger partial charge >= 0.3 is 0 Å².